The Morgan fingerprint density at radius 2 is 1.92 bits per heavy atom. The normalized spacial score (nSPS) is 10.4. The van der Waals surface area contributed by atoms with E-state index in [9.17, 15) is 4.79 Å². The number of carbonyl (C=O) groups excluding carboxylic acids is 1. The van der Waals surface area contributed by atoms with Crippen LogP contribution in [0.5, 0.6) is 17.2 Å². The molecule has 0 aliphatic heterocycles. The first-order valence-electron chi connectivity index (χ1n) is 8.42. The van der Waals surface area contributed by atoms with Crippen molar-refractivity contribution in [1.29, 1.82) is 0 Å². The molecule has 0 saturated heterocycles. The summed E-state index contributed by atoms with van der Waals surface area (Å²) in [5.74, 6) is 1.37. The van der Waals surface area contributed by atoms with Crippen LogP contribution in [0.15, 0.2) is 30.5 Å². The lowest BCUT2D eigenvalue weighted by Crippen LogP contribution is -2.26. The zero-order chi connectivity index (χ0) is 18.8. The lowest BCUT2D eigenvalue weighted by molar-refractivity contribution is 0.0937. The zero-order valence-electron chi connectivity index (χ0n) is 15.4. The van der Waals surface area contributed by atoms with Gasteiger partial charge in [0.05, 0.1) is 14.2 Å². The Bertz CT molecular complexity index is 680. The van der Waals surface area contributed by atoms with Crippen LogP contribution in [0.3, 0.4) is 0 Å². The summed E-state index contributed by atoms with van der Waals surface area (Å²) in [5, 5.41) is 7.02. The van der Waals surface area contributed by atoms with Gasteiger partial charge in [-0.05, 0) is 31.5 Å². The summed E-state index contributed by atoms with van der Waals surface area (Å²) in [5.41, 5.74) is 0.331. The lowest BCUT2D eigenvalue weighted by Gasteiger charge is -2.13. The third-order valence-electron chi connectivity index (χ3n) is 3.55. The third-order valence-corrected chi connectivity index (χ3v) is 3.55. The van der Waals surface area contributed by atoms with E-state index >= 15 is 0 Å². The van der Waals surface area contributed by atoms with Gasteiger partial charge in [0, 0.05) is 26.0 Å². The standard InChI is InChI=1S/C18H25N3O5/c1-4-25-12-6-10-19-18(22)14-9-11-21(20-14)13-26-17-15(23-2)7-5-8-16(17)24-3/h5,7-9,11H,4,6,10,12-13H2,1-3H3,(H,19,22). The molecule has 8 nitrogen and oxygen atoms in total. The van der Waals surface area contributed by atoms with Gasteiger partial charge in [-0.25, -0.2) is 4.68 Å². The Morgan fingerprint density at radius 1 is 1.19 bits per heavy atom. The Labute approximate surface area is 153 Å². The summed E-state index contributed by atoms with van der Waals surface area (Å²) in [6, 6.07) is 7.01. The van der Waals surface area contributed by atoms with Crippen molar-refractivity contribution in [3.63, 3.8) is 0 Å². The average molecular weight is 363 g/mol. The first-order valence-corrected chi connectivity index (χ1v) is 8.42. The van der Waals surface area contributed by atoms with Crippen LogP contribution in [0.2, 0.25) is 0 Å². The number of hydrogen-bond acceptors (Lipinski definition) is 6. The highest BCUT2D eigenvalue weighted by molar-refractivity contribution is 5.92. The molecule has 0 aliphatic carbocycles. The highest BCUT2D eigenvalue weighted by Gasteiger charge is 2.13. The van der Waals surface area contributed by atoms with Crippen LogP contribution in [0.4, 0.5) is 0 Å². The molecule has 2 aromatic rings. The van der Waals surface area contributed by atoms with Gasteiger partial charge in [0.25, 0.3) is 5.91 Å². The summed E-state index contributed by atoms with van der Waals surface area (Å²) in [4.78, 5) is 12.1. The van der Waals surface area contributed by atoms with Gasteiger partial charge < -0.3 is 24.3 Å². The first kappa shape index (κ1) is 19.6. The minimum absolute atomic E-state index is 0.119. The van der Waals surface area contributed by atoms with Gasteiger partial charge in [0.15, 0.2) is 18.2 Å². The van der Waals surface area contributed by atoms with Crippen LogP contribution in [0, 0.1) is 0 Å². The molecule has 1 heterocycles. The van der Waals surface area contributed by atoms with Crippen molar-refractivity contribution in [3.05, 3.63) is 36.2 Å². The molecule has 0 unspecified atom stereocenters. The van der Waals surface area contributed by atoms with E-state index in [0.29, 0.717) is 42.7 Å². The smallest absolute Gasteiger partial charge is 0.271 e. The molecule has 1 aromatic carbocycles. The first-order chi connectivity index (χ1) is 12.7. The number of carbonyl (C=O) groups is 1. The Balaban J connectivity index is 1.90. The van der Waals surface area contributed by atoms with E-state index in [-0.39, 0.29) is 12.6 Å². The maximum absolute atomic E-state index is 12.1. The van der Waals surface area contributed by atoms with Gasteiger partial charge in [0.1, 0.15) is 5.69 Å². The van der Waals surface area contributed by atoms with Gasteiger partial charge in [0.2, 0.25) is 5.75 Å². The van der Waals surface area contributed by atoms with E-state index in [1.807, 2.05) is 13.0 Å². The summed E-state index contributed by atoms with van der Waals surface area (Å²) in [7, 11) is 3.12. The topological polar surface area (TPSA) is 83.8 Å². The average Bonchev–Trinajstić information content (AvgIpc) is 3.14. The Hall–Kier alpha value is -2.74. The quantitative estimate of drug-likeness (QED) is 0.616. The largest absolute Gasteiger partial charge is 0.493 e. The summed E-state index contributed by atoms with van der Waals surface area (Å²) >= 11 is 0. The number of hydrogen-bond donors (Lipinski definition) is 1. The van der Waals surface area contributed by atoms with Crippen LogP contribution in [-0.4, -0.2) is 49.7 Å². The van der Waals surface area contributed by atoms with Crippen LogP contribution in [0.25, 0.3) is 0 Å². The van der Waals surface area contributed by atoms with E-state index < -0.39 is 0 Å². The minimum Gasteiger partial charge on any atom is -0.493 e. The second kappa shape index (κ2) is 10.3. The molecule has 0 spiro atoms. The van der Waals surface area contributed by atoms with E-state index in [4.69, 9.17) is 18.9 Å². The highest BCUT2D eigenvalue weighted by Crippen LogP contribution is 2.36. The predicted molar refractivity (Wildman–Crippen MR) is 95.8 cm³/mol. The number of nitrogens with zero attached hydrogens (tertiary/aromatic N) is 2. The fourth-order valence-corrected chi connectivity index (χ4v) is 2.26. The number of rotatable bonds is 11. The lowest BCUT2D eigenvalue weighted by atomic mass is 10.3. The van der Waals surface area contributed by atoms with E-state index in [1.165, 1.54) is 4.68 Å². The molecule has 26 heavy (non-hydrogen) atoms. The summed E-state index contributed by atoms with van der Waals surface area (Å²) in [6.45, 7) is 3.90. The maximum atomic E-state index is 12.1. The number of nitrogens with one attached hydrogen (secondary N) is 1. The highest BCUT2D eigenvalue weighted by atomic mass is 16.5. The second-order valence-electron chi connectivity index (χ2n) is 5.31. The number of ether oxygens (including phenoxy) is 4. The van der Waals surface area contributed by atoms with Gasteiger partial charge in [-0.2, -0.15) is 5.10 Å². The fourth-order valence-electron chi connectivity index (χ4n) is 2.26. The molecule has 0 aliphatic rings. The van der Waals surface area contributed by atoms with Crippen LogP contribution >= 0.6 is 0 Å². The molecule has 0 saturated carbocycles. The number of benzene rings is 1. The van der Waals surface area contributed by atoms with Gasteiger partial charge in [-0.15, -0.1) is 0 Å². The van der Waals surface area contributed by atoms with Crippen molar-refractivity contribution in [2.45, 2.75) is 20.1 Å². The molecule has 1 amide bonds. The van der Waals surface area contributed by atoms with Gasteiger partial charge in [-0.1, -0.05) is 6.07 Å². The van der Waals surface area contributed by atoms with E-state index in [0.717, 1.165) is 6.42 Å². The number of aromatic nitrogens is 2. The third kappa shape index (κ3) is 5.38. The molecule has 0 bridgehead atoms. The van der Waals surface area contributed by atoms with Crippen molar-refractivity contribution < 1.29 is 23.7 Å². The molecule has 0 radical (unpaired) electrons. The zero-order valence-corrected chi connectivity index (χ0v) is 15.4. The molecule has 1 aromatic heterocycles. The monoisotopic (exact) mass is 363 g/mol. The predicted octanol–water partition coefficient (Wildman–Crippen LogP) is 2.09. The minimum atomic E-state index is -0.227. The van der Waals surface area contributed by atoms with Crippen molar-refractivity contribution >= 4 is 5.91 Å². The number of amides is 1. The maximum Gasteiger partial charge on any atom is 0.271 e. The van der Waals surface area contributed by atoms with Gasteiger partial charge >= 0.3 is 0 Å². The van der Waals surface area contributed by atoms with Gasteiger partial charge in [-0.3, -0.25) is 4.79 Å². The molecule has 0 fully saturated rings. The fraction of sp³-hybridized carbons (Fsp3) is 0.444. The molecule has 142 valence electrons. The summed E-state index contributed by atoms with van der Waals surface area (Å²) in [6.07, 6.45) is 2.44. The molecule has 0 atom stereocenters. The Kier molecular flexibility index (Phi) is 7.75. The van der Waals surface area contributed by atoms with E-state index in [2.05, 4.69) is 10.4 Å². The molecule has 2 rings (SSSR count). The second-order valence-corrected chi connectivity index (χ2v) is 5.31. The van der Waals surface area contributed by atoms with Crippen LogP contribution in [0.1, 0.15) is 23.8 Å². The molecular formula is C18H25N3O5. The number of para-hydroxylation sites is 1. The summed E-state index contributed by atoms with van der Waals surface area (Å²) < 4.78 is 23.1. The molecular weight excluding hydrogens is 338 g/mol. The van der Waals surface area contributed by atoms with E-state index in [1.54, 1.807) is 38.6 Å². The SMILES string of the molecule is CCOCCCNC(=O)c1ccn(COc2c(OC)cccc2OC)n1. The van der Waals surface area contributed by atoms with Crippen LogP contribution < -0.4 is 19.5 Å². The molecule has 8 heteroatoms. The van der Waals surface area contributed by atoms with Crippen LogP contribution in [-0.2, 0) is 11.5 Å². The molecule has 1 N–H and O–H groups in total. The van der Waals surface area contributed by atoms with Crippen molar-refractivity contribution in [3.8, 4) is 17.2 Å². The Morgan fingerprint density at radius 3 is 2.58 bits per heavy atom. The van der Waals surface area contributed by atoms with Crippen molar-refractivity contribution in [2.24, 2.45) is 0 Å². The van der Waals surface area contributed by atoms with Crippen molar-refractivity contribution in [1.82, 2.24) is 15.1 Å². The van der Waals surface area contributed by atoms with Crippen molar-refractivity contribution in [2.75, 3.05) is 34.0 Å². The number of methoxy groups -OCH3 is 2.